The zero-order valence-electron chi connectivity index (χ0n) is 13.9. The molecule has 0 saturated carbocycles. The number of hydrogen-bond acceptors (Lipinski definition) is 4. The number of H-pyrrole nitrogens is 2. The molecule has 6 nitrogen and oxygen atoms in total. The van der Waals surface area contributed by atoms with Crippen LogP contribution in [0.25, 0.3) is 10.8 Å². The van der Waals surface area contributed by atoms with Crippen molar-refractivity contribution < 1.29 is 0 Å². The molecule has 0 amide bonds. The molecule has 0 atom stereocenters. The van der Waals surface area contributed by atoms with Crippen LogP contribution in [0.1, 0.15) is 5.56 Å². The monoisotopic (exact) mass is 336 g/mol. The van der Waals surface area contributed by atoms with Crippen LogP contribution in [-0.4, -0.2) is 41.0 Å². The highest BCUT2D eigenvalue weighted by Crippen LogP contribution is 2.21. The van der Waals surface area contributed by atoms with Crippen molar-refractivity contribution >= 4 is 16.6 Å². The molecular weight excluding hydrogens is 316 g/mol. The van der Waals surface area contributed by atoms with Crippen LogP contribution < -0.4 is 16.1 Å². The molecule has 0 bridgehead atoms. The Kier molecular flexibility index (Phi) is 4.11. The second kappa shape index (κ2) is 6.57. The Labute approximate surface area is 144 Å². The molecule has 0 radical (unpaired) electrons. The molecular formula is C19H20N4O2. The largest absolute Gasteiger partial charge is 0.355 e. The van der Waals surface area contributed by atoms with E-state index in [2.05, 4.69) is 62.2 Å². The van der Waals surface area contributed by atoms with Crippen LogP contribution in [0.5, 0.6) is 0 Å². The van der Waals surface area contributed by atoms with Crippen molar-refractivity contribution in [2.24, 2.45) is 0 Å². The first-order chi connectivity index (χ1) is 12.2. The van der Waals surface area contributed by atoms with E-state index < -0.39 is 5.69 Å². The minimum atomic E-state index is -0.458. The molecule has 25 heavy (non-hydrogen) atoms. The number of rotatable bonds is 3. The van der Waals surface area contributed by atoms with Crippen LogP contribution in [0.15, 0.2) is 58.1 Å². The summed E-state index contributed by atoms with van der Waals surface area (Å²) in [5, 5.41) is 2.56. The Hall–Kier alpha value is -2.86. The summed E-state index contributed by atoms with van der Waals surface area (Å²) < 4.78 is 0. The van der Waals surface area contributed by atoms with Gasteiger partial charge in [-0.25, -0.2) is 4.79 Å². The maximum Gasteiger partial charge on any atom is 0.327 e. The molecule has 2 aromatic carbocycles. The number of benzene rings is 2. The van der Waals surface area contributed by atoms with E-state index in [1.165, 1.54) is 22.4 Å². The Morgan fingerprint density at radius 3 is 2.44 bits per heavy atom. The predicted octanol–water partition coefficient (Wildman–Crippen LogP) is 1.54. The normalized spacial score (nSPS) is 15.6. The zero-order valence-corrected chi connectivity index (χ0v) is 13.9. The van der Waals surface area contributed by atoms with Gasteiger partial charge < -0.3 is 4.90 Å². The second-order valence-electron chi connectivity index (χ2n) is 6.37. The van der Waals surface area contributed by atoms with E-state index >= 15 is 0 Å². The average Bonchev–Trinajstić information content (AvgIpc) is 2.62. The Balaban J connectivity index is 1.47. The highest BCUT2D eigenvalue weighted by Gasteiger charge is 2.18. The van der Waals surface area contributed by atoms with Gasteiger partial charge in [-0.1, -0.05) is 42.5 Å². The van der Waals surface area contributed by atoms with E-state index in [0.717, 1.165) is 32.7 Å². The molecule has 4 rings (SSSR count). The SMILES string of the molecule is O=c1cc(N2CCN(Cc3cccc4ccccc34)CC2)[nH]c(=O)[nH]1. The number of nitrogens with zero attached hydrogens (tertiary/aromatic N) is 2. The molecule has 0 unspecified atom stereocenters. The molecule has 0 aliphatic carbocycles. The van der Waals surface area contributed by atoms with Gasteiger partial charge in [0.1, 0.15) is 5.82 Å². The molecule has 1 saturated heterocycles. The number of nitrogens with one attached hydrogen (secondary N) is 2. The molecule has 1 aliphatic heterocycles. The standard InChI is InChI=1S/C19H20N4O2/c24-18-12-17(20-19(25)21-18)23-10-8-22(9-11-23)13-15-6-3-5-14-4-1-2-7-16(14)15/h1-7,12H,8-11,13H2,(H2,20,21,24,25). The summed E-state index contributed by atoms with van der Waals surface area (Å²) in [6.07, 6.45) is 0. The lowest BCUT2D eigenvalue weighted by atomic mass is 10.0. The summed E-state index contributed by atoms with van der Waals surface area (Å²) in [4.78, 5) is 32.3. The van der Waals surface area contributed by atoms with Crippen molar-refractivity contribution in [1.29, 1.82) is 0 Å². The van der Waals surface area contributed by atoms with Crippen molar-refractivity contribution in [2.75, 3.05) is 31.1 Å². The van der Waals surface area contributed by atoms with E-state index in [1.54, 1.807) is 0 Å². The lowest BCUT2D eigenvalue weighted by molar-refractivity contribution is 0.250. The minimum absolute atomic E-state index is 0.364. The van der Waals surface area contributed by atoms with Gasteiger partial charge in [-0.3, -0.25) is 19.7 Å². The first-order valence-corrected chi connectivity index (χ1v) is 8.47. The van der Waals surface area contributed by atoms with E-state index in [-0.39, 0.29) is 5.56 Å². The molecule has 1 aliphatic rings. The molecule has 1 fully saturated rings. The molecule has 6 heteroatoms. The van der Waals surface area contributed by atoms with Gasteiger partial charge in [-0.15, -0.1) is 0 Å². The Morgan fingerprint density at radius 1 is 0.880 bits per heavy atom. The van der Waals surface area contributed by atoms with Crippen LogP contribution in [0.3, 0.4) is 0 Å². The van der Waals surface area contributed by atoms with Crippen LogP contribution >= 0.6 is 0 Å². The molecule has 1 aromatic heterocycles. The number of aromatic amines is 2. The lowest BCUT2D eigenvalue weighted by Crippen LogP contribution is -2.47. The highest BCUT2D eigenvalue weighted by molar-refractivity contribution is 5.85. The third kappa shape index (κ3) is 3.34. The van der Waals surface area contributed by atoms with E-state index in [9.17, 15) is 9.59 Å². The third-order valence-corrected chi connectivity index (χ3v) is 4.73. The Morgan fingerprint density at radius 2 is 1.64 bits per heavy atom. The summed E-state index contributed by atoms with van der Waals surface area (Å²) in [5.74, 6) is 0.596. The van der Waals surface area contributed by atoms with Crippen molar-refractivity contribution in [2.45, 2.75) is 6.54 Å². The van der Waals surface area contributed by atoms with Crippen molar-refractivity contribution in [3.05, 3.63) is 74.9 Å². The molecule has 128 valence electrons. The van der Waals surface area contributed by atoms with Gasteiger partial charge in [0.25, 0.3) is 5.56 Å². The molecule has 3 aromatic rings. The topological polar surface area (TPSA) is 72.2 Å². The molecule has 2 heterocycles. The summed E-state index contributed by atoms with van der Waals surface area (Å²) in [6.45, 7) is 4.24. The van der Waals surface area contributed by atoms with Gasteiger partial charge in [0.15, 0.2) is 0 Å². The minimum Gasteiger partial charge on any atom is -0.355 e. The van der Waals surface area contributed by atoms with Crippen LogP contribution in [0, 0.1) is 0 Å². The molecule has 0 spiro atoms. The van der Waals surface area contributed by atoms with Gasteiger partial charge in [-0.05, 0) is 16.3 Å². The van der Waals surface area contributed by atoms with Gasteiger partial charge in [0.05, 0.1) is 0 Å². The number of piperazine rings is 1. The fourth-order valence-electron chi connectivity index (χ4n) is 3.44. The van der Waals surface area contributed by atoms with Gasteiger partial charge >= 0.3 is 5.69 Å². The first-order valence-electron chi connectivity index (χ1n) is 8.47. The van der Waals surface area contributed by atoms with E-state index in [1.807, 2.05) is 0 Å². The summed E-state index contributed by atoms with van der Waals surface area (Å²) in [5.41, 5.74) is 0.508. The van der Waals surface area contributed by atoms with Crippen LogP contribution in [0.4, 0.5) is 5.82 Å². The zero-order chi connectivity index (χ0) is 17.2. The third-order valence-electron chi connectivity index (χ3n) is 4.73. The first kappa shape index (κ1) is 15.7. The van der Waals surface area contributed by atoms with Crippen LogP contribution in [0.2, 0.25) is 0 Å². The van der Waals surface area contributed by atoms with E-state index in [0.29, 0.717) is 5.82 Å². The molecule has 2 N–H and O–H groups in total. The van der Waals surface area contributed by atoms with Gasteiger partial charge in [0.2, 0.25) is 0 Å². The van der Waals surface area contributed by atoms with Gasteiger partial charge in [0, 0.05) is 38.8 Å². The fourth-order valence-corrected chi connectivity index (χ4v) is 3.44. The average molecular weight is 336 g/mol. The Bertz CT molecular complexity index is 966. The summed E-state index contributed by atoms with van der Waals surface area (Å²) in [6, 6.07) is 16.3. The van der Waals surface area contributed by atoms with Crippen molar-refractivity contribution in [1.82, 2.24) is 14.9 Å². The quantitative estimate of drug-likeness (QED) is 0.761. The number of hydrogen-bond donors (Lipinski definition) is 2. The van der Waals surface area contributed by atoms with E-state index in [4.69, 9.17) is 0 Å². The summed E-state index contributed by atoms with van der Waals surface area (Å²) in [7, 11) is 0. The maximum atomic E-state index is 11.5. The van der Waals surface area contributed by atoms with Crippen molar-refractivity contribution in [3.8, 4) is 0 Å². The lowest BCUT2D eigenvalue weighted by Gasteiger charge is -2.35. The predicted molar refractivity (Wildman–Crippen MR) is 99.1 cm³/mol. The number of fused-ring (bicyclic) bond motifs is 1. The van der Waals surface area contributed by atoms with Crippen LogP contribution in [-0.2, 0) is 6.54 Å². The van der Waals surface area contributed by atoms with Gasteiger partial charge in [-0.2, -0.15) is 0 Å². The van der Waals surface area contributed by atoms with Crippen molar-refractivity contribution in [3.63, 3.8) is 0 Å². The number of aromatic nitrogens is 2. The second-order valence-corrected chi connectivity index (χ2v) is 6.37. The number of anilines is 1. The summed E-state index contributed by atoms with van der Waals surface area (Å²) >= 11 is 0. The fraction of sp³-hybridized carbons (Fsp3) is 0.263. The smallest absolute Gasteiger partial charge is 0.327 e. The highest BCUT2D eigenvalue weighted by atomic mass is 16.2. The maximum absolute atomic E-state index is 11.5.